The molecule has 1 saturated heterocycles. The normalized spacial score (nSPS) is 19.4. The van der Waals surface area contributed by atoms with Crippen LogP contribution in [-0.2, 0) is 14.3 Å². The summed E-state index contributed by atoms with van der Waals surface area (Å²) < 4.78 is 11.2. The highest BCUT2D eigenvalue weighted by Gasteiger charge is 2.44. The van der Waals surface area contributed by atoms with Gasteiger partial charge in [0.05, 0.1) is 25.4 Å². The smallest absolute Gasteiger partial charge is 0.249 e. The number of hydrogen-bond donors (Lipinski definition) is 8. The molecule has 0 aromatic heterocycles. The van der Waals surface area contributed by atoms with Crippen LogP contribution in [0.1, 0.15) is 341 Å². The Kier molecular flexibility index (Phi) is 54.1. The van der Waals surface area contributed by atoms with Crippen LogP contribution in [0.25, 0.3) is 0 Å². The van der Waals surface area contributed by atoms with Crippen molar-refractivity contribution >= 4 is 5.91 Å². The summed E-state index contributed by atoms with van der Waals surface area (Å²) >= 11 is 0. The van der Waals surface area contributed by atoms with E-state index in [1.807, 2.05) is 0 Å². The minimum atomic E-state index is -1.66. The molecule has 9 atom stereocenters. The number of aliphatic hydroxyl groups excluding tert-OH is 7. The SMILES string of the molecule is CCCCCCCCCCCCCC/C=C\CCCCCCCCCCCCCCCCCCC(O)C(=O)NC(COC1OC(CO)C(O)C(O)C1O)C(O)C(O)CCCCCCCCCCCCCCCCCCCCC. The Hall–Kier alpha value is -1.15. The summed E-state index contributed by atoms with van der Waals surface area (Å²) in [6.07, 6.45) is 57.2. The number of ether oxygens (including phenoxy) is 2. The number of aliphatic hydroxyl groups is 7. The molecule has 0 aromatic carbocycles. The fourth-order valence-corrected chi connectivity index (χ4v) is 11.3. The molecule has 1 rings (SSSR count). The van der Waals surface area contributed by atoms with Crippen LogP contribution in [0.3, 0.4) is 0 Å². The van der Waals surface area contributed by atoms with E-state index in [1.165, 1.54) is 263 Å². The number of unbranched alkanes of at least 4 members (excludes halogenated alkanes) is 46. The minimum Gasteiger partial charge on any atom is -0.394 e. The molecular weight excluding hydrogens is 979 g/mol. The van der Waals surface area contributed by atoms with Crippen molar-refractivity contribution in [1.29, 1.82) is 0 Å². The van der Waals surface area contributed by atoms with Crippen LogP contribution in [0, 0.1) is 0 Å². The van der Waals surface area contributed by atoms with E-state index in [1.54, 1.807) is 0 Å². The first-order valence-electron chi connectivity index (χ1n) is 34.1. The average Bonchev–Trinajstić information content (AvgIpc) is 3.45. The number of carbonyl (C=O) groups excluding carboxylic acids is 1. The van der Waals surface area contributed by atoms with Gasteiger partial charge in [0.2, 0.25) is 5.91 Å². The predicted octanol–water partition coefficient (Wildman–Crippen LogP) is 15.9. The van der Waals surface area contributed by atoms with E-state index in [2.05, 4.69) is 31.3 Å². The highest BCUT2D eigenvalue weighted by molar-refractivity contribution is 5.80. The van der Waals surface area contributed by atoms with Gasteiger partial charge in [0.25, 0.3) is 0 Å². The summed E-state index contributed by atoms with van der Waals surface area (Å²) in [5.41, 5.74) is 0. The Bertz CT molecular complexity index is 1270. The van der Waals surface area contributed by atoms with Gasteiger partial charge >= 0.3 is 0 Å². The molecule has 0 aliphatic carbocycles. The summed E-state index contributed by atoms with van der Waals surface area (Å²) in [7, 11) is 0. The van der Waals surface area contributed by atoms with Gasteiger partial charge in [0, 0.05) is 0 Å². The molecule has 0 aromatic rings. The monoisotopic (exact) mass is 1110 g/mol. The second-order valence-corrected chi connectivity index (χ2v) is 24.3. The molecular formula is C67H131NO10. The molecule has 0 bridgehead atoms. The van der Waals surface area contributed by atoms with Gasteiger partial charge in [-0.1, -0.05) is 315 Å². The van der Waals surface area contributed by atoms with Crippen LogP contribution in [0.4, 0.5) is 0 Å². The van der Waals surface area contributed by atoms with Gasteiger partial charge in [-0.2, -0.15) is 0 Å². The topological polar surface area (TPSA) is 189 Å². The second-order valence-electron chi connectivity index (χ2n) is 24.3. The Morgan fingerprint density at radius 2 is 0.744 bits per heavy atom. The van der Waals surface area contributed by atoms with Crippen molar-refractivity contribution in [3.8, 4) is 0 Å². The van der Waals surface area contributed by atoms with Gasteiger partial charge in [-0.05, 0) is 38.5 Å². The van der Waals surface area contributed by atoms with Gasteiger partial charge in [0.1, 0.15) is 36.6 Å². The number of hydrogen-bond acceptors (Lipinski definition) is 10. The maximum Gasteiger partial charge on any atom is 0.249 e. The largest absolute Gasteiger partial charge is 0.394 e. The highest BCUT2D eigenvalue weighted by Crippen LogP contribution is 2.24. The molecule has 464 valence electrons. The quantitative estimate of drug-likeness (QED) is 0.0215. The van der Waals surface area contributed by atoms with Gasteiger partial charge in [-0.15, -0.1) is 0 Å². The zero-order valence-electron chi connectivity index (χ0n) is 51.2. The highest BCUT2D eigenvalue weighted by atomic mass is 16.7. The predicted molar refractivity (Wildman–Crippen MR) is 326 cm³/mol. The van der Waals surface area contributed by atoms with Crippen molar-refractivity contribution in [2.75, 3.05) is 13.2 Å². The maximum absolute atomic E-state index is 13.2. The lowest BCUT2D eigenvalue weighted by Gasteiger charge is -2.40. The van der Waals surface area contributed by atoms with E-state index >= 15 is 0 Å². The van der Waals surface area contributed by atoms with Crippen molar-refractivity contribution in [3.05, 3.63) is 12.2 Å². The number of rotatable bonds is 60. The number of nitrogens with one attached hydrogen (secondary N) is 1. The van der Waals surface area contributed by atoms with Crippen LogP contribution >= 0.6 is 0 Å². The molecule has 11 nitrogen and oxygen atoms in total. The first-order valence-corrected chi connectivity index (χ1v) is 34.1. The van der Waals surface area contributed by atoms with E-state index in [-0.39, 0.29) is 6.42 Å². The van der Waals surface area contributed by atoms with Crippen molar-refractivity contribution in [2.45, 2.75) is 396 Å². The standard InChI is InChI=1S/C67H131NO10/c1-3-5-7-9-11-13-15-17-19-21-23-24-25-26-27-28-29-30-31-32-33-34-35-37-39-41-43-45-47-49-51-53-55-60(71)66(76)68-58(57-77-67-65(75)64(74)63(73)61(56-69)78-67)62(72)59(70)54-52-50-48-46-44-42-40-38-36-22-20-18-16-14-12-10-8-6-4-2/h26-27,58-65,67,69-75H,3-25,28-57H2,1-2H3,(H,68,76)/b27-26-. The molecule has 11 heteroatoms. The lowest BCUT2D eigenvalue weighted by atomic mass is 9.98. The molecule has 0 spiro atoms. The van der Waals surface area contributed by atoms with Gasteiger partial charge in [0.15, 0.2) is 6.29 Å². The first kappa shape index (κ1) is 74.9. The number of amides is 1. The Morgan fingerprint density at radius 1 is 0.436 bits per heavy atom. The summed E-state index contributed by atoms with van der Waals surface area (Å²) in [5.74, 6) is -0.689. The Balaban J connectivity index is 2.18. The molecule has 0 radical (unpaired) electrons. The molecule has 1 fully saturated rings. The molecule has 9 unspecified atom stereocenters. The lowest BCUT2D eigenvalue weighted by Crippen LogP contribution is -2.60. The fourth-order valence-electron chi connectivity index (χ4n) is 11.3. The van der Waals surface area contributed by atoms with Crippen LogP contribution in [0.5, 0.6) is 0 Å². The Labute approximate surface area is 481 Å². The van der Waals surface area contributed by atoms with Crippen LogP contribution in [0.2, 0.25) is 0 Å². The molecule has 1 heterocycles. The number of carbonyl (C=O) groups is 1. The van der Waals surface area contributed by atoms with E-state index in [0.717, 1.165) is 38.5 Å². The molecule has 8 N–H and O–H groups in total. The van der Waals surface area contributed by atoms with Crippen molar-refractivity contribution in [1.82, 2.24) is 5.32 Å². The van der Waals surface area contributed by atoms with E-state index in [4.69, 9.17) is 9.47 Å². The maximum atomic E-state index is 13.2. The zero-order valence-corrected chi connectivity index (χ0v) is 51.2. The third-order valence-corrected chi connectivity index (χ3v) is 16.8. The zero-order chi connectivity index (χ0) is 56.8. The molecule has 1 aliphatic rings. The molecule has 1 amide bonds. The Morgan fingerprint density at radius 3 is 1.08 bits per heavy atom. The average molecular weight is 1110 g/mol. The number of allylic oxidation sites excluding steroid dienone is 2. The van der Waals surface area contributed by atoms with Gasteiger partial charge in [-0.3, -0.25) is 4.79 Å². The molecule has 1 aliphatic heterocycles. The van der Waals surface area contributed by atoms with Crippen molar-refractivity contribution < 1.29 is 50.0 Å². The lowest BCUT2D eigenvalue weighted by molar-refractivity contribution is -0.303. The van der Waals surface area contributed by atoms with Crippen molar-refractivity contribution in [3.63, 3.8) is 0 Å². The summed E-state index contributed by atoms with van der Waals surface area (Å²) in [6, 6.07) is -1.17. The van der Waals surface area contributed by atoms with Crippen LogP contribution in [0.15, 0.2) is 12.2 Å². The summed E-state index contributed by atoms with van der Waals surface area (Å²) in [4.78, 5) is 13.2. The molecule has 78 heavy (non-hydrogen) atoms. The van der Waals surface area contributed by atoms with Crippen LogP contribution < -0.4 is 5.32 Å². The van der Waals surface area contributed by atoms with E-state index < -0.39 is 74.2 Å². The second kappa shape index (κ2) is 56.3. The summed E-state index contributed by atoms with van der Waals surface area (Å²) in [6.45, 7) is 3.51. The van der Waals surface area contributed by atoms with E-state index in [9.17, 15) is 40.5 Å². The minimum absolute atomic E-state index is 0.265. The van der Waals surface area contributed by atoms with Crippen molar-refractivity contribution in [2.24, 2.45) is 0 Å². The molecule has 0 saturated carbocycles. The van der Waals surface area contributed by atoms with Gasteiger partial charge < -0.3 is 50.5 Å². The third kappa shape index (κ3) is 43.5. The van der Waals surface area contributed by atoms with E-state index in [0.29, 0.717) is 19.3 Å². The van der Waals surface area contributed by atoms with Crippen LogP contribution in [-0.4, -0.2) is 110 Å². The summed E-state index contributed by atoms with van der Waals surface area (Å²) in [5, 5.41) is 76.4. The third-order valence-electron chi connectivity index (χ3n) is 16.8. The fraction of sp³-hybridized carbons (Fsp3) is 0.955. The first-order chi connectivity index (χ1) is 38.2. The van der Waals surface area contributed by atoms with Gasteiger partial charge in [-0.25, -0.2) is 0 Å².